The number of carboxylic acid groups (broad SMARTS) is 2. The first kappa shape index (κ1) is 21.9. The van der Waals surface area contributed by atoms with E-state index in [1.54, 1.807) is 0 Å². The van der Waals surface area contributed by atoms with Gasteiger partial charge in [0.1, 0.15) is 0 Å². The lowest BCUT2D eigenvalue weighted by Gasteiger charge is -2.19. The molecule has 1 unspecified atom stereocenters. The van der Waals surface area contributed by atoms with Gasteiger partial charge in [0.15, 0.2) is 0 Å². The van der Waals surface area contributed by atoms with Crippen LogP contribution in [0, 0.1) is 11.8 Å². The van der Waals surface area contributed by atoms with E-state index >= 15 is 0 Å². The predicted octanol–water partition coefficient (Wildman–Crippen LogP) is 5.50. The summed E-state index contributed by atoms with van der Waals surface area (Å²) >= 11 is 0. The second kappa shape index (κ2) is 14.5. The Labute approximate surface area is 141 Å². The second-order valence-corrected chi connectivity index (χ2v) is 7.05. The normalized spacial score (nSPS) is 12.5. The van der Waals surface area contributed by atoms with Crippen LogP contribution in [0.5, 0.6) is 0 Å². The lowest BCUT2D eigenvalue weighted by Crippen LogP contribution is -2.11. The summed E-state index contributed by atoms with van der Waals surface area (Å²) < 4.78 is 0. The summed E-state index contributed by atoms with van der Waals surface area (Å²) in [5.41, 5.74) is 0. The highest BCUT2D eigenvalue weighted by Gasteiger charge is 2.14. The van der Waals surface area contributed by atoms with Crippen LogP contribution in [0.1, 0.15) is 97.3 Å². The number of carbonyl (C=O) groups is 2. The zero-order valence-corrected chi connectivity index (χ0v) is 15.1. The molecule has 1 atom stereocenters. The first-order chi connectivity index (χ1) is 10.9. The van der Waals surface area contributed by atoms with Gasteiger partial charge in [0.25, 0.3) is 0 Å². The van der Waals surface area contributed by atoms with Gasteiger partial charge in [-0.2, -0.15) is 0 Å². The molecule has 0 heterocycles. The molecule has 0 fully saturated rings. The Morgan fingerprint density at radius 3 is 1.52 bits per heavy atom. The van der Waals surface area contributed by atoms with Crippen molar-refractivity contribution in [2.24, 2.45) is 11.8 Å². The van der Waals surface area contributed by atoms with Gasteiger partial charge >= 0.3 is 11.9 Å². The van der Waals surface area contributed by atoms with Crippen LogP contribution in [0.3, 0.4) is 0 Å². The topological polar surface area (TPSA) is 74.6 Å². The summed E-state index contributed by atoms with van der Waals surface area (Å²) in [6.45, 7) is 4.38. The average Bonchev–Trinajstić information content (AvgIpc) is 2.46. The van der Waals surface area contributed by atoms with E-state index in [-0.39, 0.29) is 0 Å². The fourth-order valence-corrected chi connectivity index (χ4v) is 3.04. The Hall–Kier alpha value is -1.06. The molecule has 2 N–H and O–H groups in total. The van der Waals surface area contributed by atoms with Crippen LogP contribution in [0.4, 0.5) is 0 Å². The van der Waals surface area contributed by atoms with Crippen molar-refractivity contribution in [1.82, 2.24) is 0 Å². The van der Waals surface area contributed by atoms with Gasteiger partial charge in [0.05, 0.1) is 0 Å². The van der Waals surface area contributed by atoms with Gasteiger partial charge in [-0.05, 0) is 24.7 Å². The molecule has 4 nitrogen and oxygen atoms in total. The summed E-state index contributed by atoms with van der Waals surface area (Å²) in [6, 6.07) is 0. The van der Waals surface area contributed by atoms with E-state index in [0.29, 0.717) is 24.7 Å². The zero-order valence-electron chi connectivity index (χ0n) is 15.1. The van der Waals surface area contributed by atoms with Crippen molar-refractivity contribution in [2.45, 2.75) is 97.3 Å². The molecule has 0 saturated carbocycles. The summed E-state index contributed by atoms with van der Waals surface area (Å²) in [5, 5.41) is 17.3. The van der Waals surface area contributed by atoms with Gasteiger partial charge in [-0.3, -0.25) is 9.59 Å². The molecule has 4 heteroatoms. The van der Waals surface area contributed by atoms with E-state index in [9.17, 15) is 9.59 Å². The molecule has 0 aromatic rings. The van der Waals surface area contributed by atoms with Crippen LogP contribution in [0.2, 0.25) is 0 Å². The van der Waals surface area contributed by atoms with E-state index in [1.807, 2.05) is 0 Å². The zero-order chi connectivity index (χ0) is 17.5. The van der Waals surface area contributed by atoms with Gasteiger partial charge in [-0.1, -0.05) is 71.6 Å². The largest absolute Gasteiger partial charge is 0.481 e. The Kier molecular flexibility index (Phi) is 13.9. The molecule has 23 heavy (non-hydrogen) atoms. The maximum absolute atomic E-state index is 10.7. The highest BCUT2D eigenvalue weighted by Crippen LogP contribution is 2.24. The van der Waals surface area contributed by atoms with Crippen LogP contribution in [-0.4, -0.2) is 22.2 Å². The van der Waals surface area contributed by atoms with Crippen molar-refractivity contribution in [3.8, 4) is 0 Å². The smallest absolute Gasteiger partial charge is 0.303 e. The van der Waals surface area contributed by atoms with Crippen LogP contribution in [0.15, 0.2) is 0 Å². The summed E-state index contributed by atoms with van der Waals surface area (Å²) in [7, 11) is 0. The van der Waals surface area contributed by atoms with E-state index in [2.05, 4.69) is 13.8 Å². The Balaban J connectivity index is 3.42. The monoisotopic (exact) mass is 328 g/mol. The van der Waals surface area contributed by atoms with Crippen molar-refractivity contribution in [3.63, 3.8) is 0 Å². The fourth-order valence-electron chi connectivity index (χ4n) is 3.04. The van der Waals surface area contributed by atoms with Crippen molar-refractivity contribution in [3.05, 3.63) is 0 Å². The maximum Gasteiger partial charge on any atom is 0.303 e. The third-order valence-electron chi connectivity index (χ3n) is 4.64. The highest BCUT2D eigenvalue weighted by molar-refractivity contribution is 5.66. The van der Waals surface area contributed by atoms with Crippen LogP contribution < -0.4 is 0 Å². The van der Waals surface area contributed by atoms with E-state index in [4.69, 9.17) is 10.2 Å². The van der Waals surface area contributed by atoms with Crippen LogP contribution in [-0.2, 0) is 9.59 Å². The van der Waals surface area contributed by atoms with E-state index < -0.39 is 11.9 Å². The van der Waals surface area contributed by atoms with Gasteiger partial charge in [-0.15, -0.1) is 0 Å². The third kappa shape index (κ3) is 15.6. The molecule has 0 radical (unpaired) electrons. The van der Waals surface area contributed by atoms with Crippen molar-refractivity contribution >= 4 is 11.9 Å². The number of aliphatic carboxylic acids is 2. The van der Waals surface area contributed by atoms with Crippen molar-refractivity contribution in [1.29, 1.82) is 0 Å². The lowest BCUT2D eigenvalue weighted by atomic mass is 9.86. The van der Waals surface area contributed by atoms with E-state index in [1.165, 1.54) is 38.5 Å². The first-order valence-corrected chi connectivity index (χ1v) is 9.37. The number of hydrogen-bond donors (Lipinski definition) is 2. The minimum absolute atomic E-state index is 0.296. The molecule has 0 spiro atoms. The van der Waals surface area contributed by atoms with Gasteiger partial charge < -0.3 is 10.2 Å². The first-order valence-electron chi connectivity index (χ1n) is 9.37. The quantitative estimate of drug-likeness (QED) is 0.367. The average molecular weight is 328 g/mol. The van der Waals surface area contributed by atoms with Crippen LogP contribution >= 0.6 is 0 Å². The van der Waals surface area contributed by atoms with Gasteiger partial charge in [0, 0.05) is 12.8 Å². The molecule has 0 aliphatic heterocycles. The molecule has 0 aliphatic rings. The molecular formula is C19H36O4. The number of unbranched alkanes of at least 4 members (excludes halogenated alkanes) is 8. The number of rotatable bonds is 16. The third-order valence-corrected chi connectivity index (χ3v) is 4.64. The lowest BCUT2D eigenvalue weighted by molar-refractivity contribution is -0.138. The Morgan fingerprint density at radius 2 is 1.09 bits per heavy atom. The molecule has 0 amide bonds. The predicted molar refractivity (Wildman–Crippen MR) is 93.6 cm³/mol. The molecule has 0 bridgehead atoms. The fraction of sp³-hybridized carbons (Fsp3) is 0.895. The standard InChI is InChI=1S/C19H36O4/c1-16(2)17(14-15-19(22)23)12-10-8-6-4-3-5-7-9-11-13-18(20)21/h16-17H,3-15H2,1-2H3,(H,20,21)(H,22,23). The molecule has 0 rings (SSSR count). The summed E-state index contributed by atoms with van der Waals surface area (Å²) in [6.07, 6.45) is 13.0. The van der Waals surface area contributed by atoms with Crippen LogP contribution in [0.25, 0.3) is 0 Å². The second-order valence-electron chi connectivity index (χ2n) is 7.05. The van der Waals surface area contributed by atoms with Crippen molar-refractivity contribution in [2.75, 3.05) is 0 Å². The SMILES string of the molecule is CC(C)C(CCCCCCCCCCCC(=O)O)CCC(=O)O. The van der Waals surface area contributed by atoms with Gasteiger partial charge in [-0.25, -0.2) is 0 Å². The van der Waals surface area contributed by atoms with Crippen molar-refractivity contribution < 1.29 is 19.8 Å². The molecular weight excluding hydrogens is 292 g/mol. The molecule has 136 valence electrons. The molecule has 0 aromatic heterocycles. The summed E-state index contributed by atoms with van der Waals surface area (Å²) in [5.74, 6) is -0.257. The van der Waals surface area contributed by atoms with E-state index in [0.717, 1.165) is 32.1 Å². The number of hydrogen-bond acceptors (Lipinski definition) is 2. The maximum atomic E-state index is 10.7. The minimum atomic E-state index is -0.687. The Bertz CT molecular complexity index is 312. The summed E-state index contributed by atoms with van der Waals surface area (Å²) in [4.78, 5) is 21.0. The number of carboxylic acids is 2. The minimum Gasteiger partial charge on any atom is -0.481 e. The highest BCUT2D eigenvalue weighted by atomic mass is 16.4. The molecule has 0 saturated heterocycles. The Morgan fingerprint density at radius 1 is 0.652 bits per heavy atom. The molecule has 0 aliphatic carbocycles. The molecule has 0 aromatic carbocycles. The van der Waals surface area contributed by atoms with Gasteiger partial charge in [0.2, 0.25) is 0 Å².